The number of rotatable bonds is 3. The third-order valence-corrected chi connectivity index (χ3v) is 9.40. The number of carbonyl (C=O) groups is 2. The van der Waals surface area contributed by atoms with Gasteiger partial charge in [-0.25, -0.2) is 9.97 Å². The molecule has 0 radical (unpaired) electrons. The molecule has 1 aromatic heterocycles. The average Bonchev–Trinajstić information content (AvgIpc) is 3.56. The monoisotopic (exact) mass is 620 g/mol. The molecule has 9 rings (SSSR count). The molecule has 0 saturated carbocycles. The Bertz CT molecular complexity index is 2430. The SMILES string of the molecule is Cc1ccccc1N1C(=CC=C2C(=O)c3c(c4ccccc4c4ccccc34)C2=O)N(c2ccccc2C)c2nc3ccccc3nc21. The van der Waals surface area contributed by atoms with Crippen molar-refractivity contribution in [3.05, 3.63) is 167 Å². The van der Waals surface area contributed by atoms with Gasteiger partial charge in [-0.3, -0.25) is 19.4 Å². The fourth-order valence-electron chi connectivity index (χ4n) is 7.15. The van der Waals surface area contributed by atoms with Crippen LogP contribution in [-0.2, 0) is 0 Å². The highest BCUT2D eigenvalue weighted by Crippen LogP contribution is 2.50. The maximum absolute atomic E-state index is 14.3. The Balaban J connectivity index is 1.31. The van der Waals surface area contributed by atoms with Gasteiger partial charge in [0.2, 0.25) is 0 Å². The maximum atomic E-state index is 14.3. The van der Waals surface area contributed by atoms with Crippen molar-refractivity contribution < 1.29 is 9.59 Å². The summed E-state index contributed by atoms with van der Waals surface area (Å²) in [7, 11) is 0. The van der Waals surface area contributed by atoms with Crippen LogP contribution in [0.5, 0.6) is 0 Å². The van der Waals surface area contributed by atoms with E-state index in [1.54, 1.807) is 6.08 Å². The third kappa shape index (κ3) is 3.99. The summed E-state index contributed by atoms with van der Waals surface area (Å²) in [6, 6.07) is 39.7. The van der Waals surface area contributed by atoms with E-state index >= 15 is 0 Å². The van der Waals surface area contributed by atoms with Crippen LogP contribution < -0.4 is 9.80 Å². The quantitative estimate of drug-likeness (QED) is 0.111. The molecule has 0 bridgehead atoms. The van der Waals surface area contributed by atoms with Crippen LogP contribution in [0.3, 0.4) is 0 Å². The zero-order valence-electron chi connectivity index (χ0n) is 26.3. The highest BCUT2D eigenvalue weighted by molar-refractivity contribution is 6.46. The second kappa shape index (κ2) is 10.6. The molecular formula is C42H28N4O2. The number of aromatic nitrogens is 2. The van der Waals surface area contributed by atoms with Crippen LogP contribution in [0.1, 0.15) is 31.8 Å². The van der Waals surface area contributed by atoms with E-state index in [2.05, 4.69) is 47.9 Å². The smallest absolute Gasteiger partial charge is 0.198 e. The molecule has 1 aliphatic carbocycles. The van der Waals surface area contributed by atoms with Crippen molar-refractivity contribution >= 4 is 67.2 Å². The van der Waals surface area contributed by atoms with E-state index in [4.69, 9.17) is 9.97 Å². The van der Waals surface area contributed by atoms with Gasteiger partial charge in [0.05, 0.1) is 28.0 Å². The summed E-state index contributed by atoms with van der Waals surface area (Å²) in [6.45, 7) is 4.12. The predicted octanol–water partition coefficient (Wildman–Crippen LogP) is 9.69. The van der Waals surface area contributed by atoms with Gasteiger partial charge < -0.3 is 0 Å². The van der Waals surface area contributed by atoms with Crippen LogP contribution in [0.2, 0.25) is 0 Å². The van der Waals surface area contributed by atoms with Crippen LogP contribution in [0.15, 0.2) is 145 Å². The summed E-state index contributed by atoms with van der Waals surface area (Å²) in [4.78, 5) is 43.0. The van der Waals surface area contributed by atoms with Crippen LogP contribution in [0.25, 0.3) is 32.6 Å². The van der Waals surface area contributed by atoms with Gasteiger partial charge in [0.25, 0.3) is 0 Å². The lowest BCUT2D eigenvalue weighted by Crippen LogP contribution is -2.23. The summed E-state index contributed by atoms with van der Waals surface area (Å²) in [5.74, 6) is 1.51. The molecule has 0 amide bonds. The lowest BCUT2D eigenvalue weighted by atomic mass is 9.93. The second-order valence-electron chi connectivity index (χ2n) is 12.2. The summed E-state index contributed by atoms with van der Waals surface area (Å²) in [6.07, 6.45) is 3.56. The Kier molecular flexibility index (Phi) is 6.14. The maximum Gasteiger partial charge on any atom is 0.198 e. The van der Waals surface area contributed by atoms with Gasteiger partial charge in [0.15, 0.2) is 23.2 Å². The van der Waals surface area contributed by atoms with Crippen molar-refractivity contribution in [2.75, 3.05) is 9.80 Å². The van der Waals surface area contributed by atoms with Gasteiger partial charge in [0.1, 0.15) is 5.82 Å². The molecule has 0 atom stereocenters. The number of carbonyl (C=O) groups excluding carboxylic acids is 2. The zero-order valence-corrected chi connectivity index (χ0v) is 26.3. The van der Waals surface area contributed by atoms with E-state index < -0.39 is 0 Å². The molecule has 2 aliphatic rings. The summed E-state index contributed by atoms with van der Waals surface area (Å²) < 4.78 is 0. The average molecular weight is 621 g/mol. The van der Waals surface area contributed by atoms with E-state index in [1.165, 1.54) is 0 Å². The molecule has 1 aliphatic heterocycles. The number of aryl methyl sites for hydroxylation is 2. The van der Waals surface area contributed by atoms with Crippen LogP contribution in [0.4, 0.5) is 23.0 Å². The first kappa shape index (κ1) is 27.9. The van der Waals surface area contributed by atoms with E-state index in [9.17, 15) is 9.59 Å². The Morgan fingerprint density at radius 1 is 0.479 bits per heavy atom. The van der Waals surface area contributed by atoms with E-state index in [-0.39, 0.29) is 17.1 Å². The van der Waals surface area contributed by atoms with Crippen molar-refractivity contribution in [3.63, 3.8) is 0 Å². The number of para-hydroxylation sites is 4. The van der Waals surface area contributed by atoms with Crippen molar-refractivity contribution in [1.29, 1.82) is 0 Å². The van der Waals surface area contributed by atoms with Crippen molar-refractivity contribution in [2.24, 2.45) is 0 Å². The lowest BCUT2D eigenvalue weighted by Gasteiger charge is -2.26. The van der Waals surface area contributed by atoms with E-state index in [0.29, 0.717) is 28.6 Å². The number of anilines is 4. The van der Waals surface area contributed by atoms with Crippen LogP contribution >= 0.6 is 0 Å². The molecule has 2 heterocycles. The minimum absolute atomic E-state index is 0.135. The normalized spacial score (nSPS) is 14.0. The Labute approximate surface area is 276 Å². The number of fused-ring (bicyclic) bond motifs is 8. The van der Waals surface area contributed by atoms with E-state index in [0.717, 1.165) is 55.1 Å². The van der Waals surface area contributed by atoms with Gasteiger partial charge in [0, 0.05) is 11.1 Å². The van der Waals surface area contributed by atoms with Crippen molar-refractivity contribution in [2.45, 2.75) is 13.8 Å². The molecule has 6 aromatic carbocycles. The lowest BCUT2D eigenvalue weighted by molar-refractivity contribution is 0.0989. The molecule has 0 fully saturated rings. The molecule has 0 unspecified atom stereocenters. The van der Waals surface area contributed by atoms with Crippen LogP contribution in [-0.4, -0.2) is 21.5 Å². The van der Waals surface area contributed by atoms with Crippen LogP contribution in [0, 0.1) is 13.8 Å². The fraction of sp³-hybridized carbons (Fsp3) is 0.0476. The number of benzene rings is 6. The number of Topliss-reactive ketones (excluding diaryl/α,β-unsaturated/α-hetero) is 2. The van der Waals surface area contributed by atoms with Gasteiger partial charge in [-0.15, -0.1) is 0 Å². The number of nitrogens with zero attached hydrogens (tertiary/aromatic N) is 4. The largest absolute Gasteiger partial charge is 0.288 e. The molecule has 0 N–H and O–H groups in total. The molecule has 228 valence electrons. The van der Waals surface area contributed by atoms with Gasteiger partial charge in [-0.05, 0) is 82.9 Å². The van der Waals surface area contributed by atoms with E-state index in [1.807, 2.05) is 103 Å². The Morgan fingerprint density at radius 3 is 1.33 bits per heavy atom. The van der Waals surface area contributed by atoms with Gasteiger partial charge in [-0.2, -0.15) is 0 Å². The highest BCUT2D eigenvalue weighted by Gasteiger charge is 2.39. The molecule has 6 nitrogen and oxygen atoms in total. The number of hydrogen-bond donors (Lipinski definition) is 0. The highest BCUT2D eigenvalue weighted by atomic mass is 16.2. The summed E-state index contributed by atoms with van der Waals surface area (Å²) in [5.41, 5.74) is 6.55. The third-order valence-electron chi connectivity index (χ3n) is 9.40. The second-order valence-corrected chi connectivity index (χ2v) is 12.2. The Hall–Kier alpha value is -6.40. The number of ketones is 2. The fourth-order valence-corrected chi connectivity index (χ4v) is 7.15. The number of allylic oxidation sites excluding steroid dienone is 3. The standard InChI is InChI=1S/C42H28N4O2/c1-25-13-3-11-21-34(25)45-36(46(35-22-12-4-14-26(35)2)42-41(45)43-32-19-9-10-20-33(32)44-42)24-23-31-39(47)37-29-17-7-5-15-27(29)28-16-6-8-18-30(28)38(37)40(31)48/h3-24H,1-2H3. The van der Waals surface area contributed by atoms with Crippen molar-refractivity contribution in [1.82, 2.24) is 9.97 Å². The first-order valence-electron chi connectivity index (χ1n) is 15.9. The van der Waals surface area contributed by atoms with Gasteiger partial charge in [-0.1, -0.05) is 97.1 Å². The molecule has 6 heteroatoms. The topological polar surface area (TPSA) is 66.4 Å². The minimum atomic E-state index is -0.267. The van der Waals surface area contributed by atoms with Crippen molar-refractivity contribution in [3.8, 4) is 0 Å². The molecular weight excluding hydrogens is 592 g/mol. The number of hydrogen-bond acceptors (Lipinski definition) is 6. The minimum Gasteiger partial charge on any atom is -0.288 e. The predicted molar refractivity (Wildman–Crippen MR) is 192 cm³/mol. The summed E-state index contributed by atoms with van der Waals surface area (Å²) >= 11 is 0. The molecule has 0 saturated heterocycles. The molecule has 7 aromatic rings. The molecule has 48 heavy (non-hydrogen) atoms. The first-order chi connectivity index (χ1) is 23.5. The Morgan fingerprint density at radius 2 is 0.875 bits per heavy atom. The van der Waals surface area contributed by atoms with Gasteiger partial charge >= 0.3 is 0 Å². The first-order valence-corrected chi connectivity index (χ1v) is 15.9. The molecule has 0 spiro atoms. The summed E-state index contributed by atoms with van der Waals surface area (Å²) in [5, 5.41) is 3.49. The zero-order chi connectivity index (χ0) is 32.5.